The van der Waals surface area contributed by atoms with Gasteiger partial charge in [0.05, 0.1) is 5.52 Å². The zero-order chi connectivity index (χ0) is 22.4. The van der Waals surface area contributed by atoms with Gasteiger partial charge >= 0.3 is 0 Å². The van der Waals surface area contributed by atoms with Crippen LogP contribution in [0.4, 0.5) is 5.69 Å². The van der Waals surface area contributed by atoms with Gasteiger partial charge in [-0.2, -0.15) is 5.10 Å². The molecule has 0 radical (unpaired) electrons. The number of carbonyl (C=O) groups is 3. The van der Waals surface area contributed by atoms with Crippen molar-refractivity contribution >= 4 is 45.9 Å². The van der Waals surface area contributed by atoms with Gasteiger partial charge in [0.25, 0.3) is 5.91 Å². The Morgan fingerprint density at radius 2 is 2.00 bits per heavy atom. The van der Waals surface area contributed by atoms with E-state index in [9.17, 15) is 14.4 Å². The second-order valence-electron chi connectivity index (χ2n) is 8.22. The molecule has 2 fully saturated rings. The summed E-state index contributed by atoms with van der Waals surface area (Å²) in [6.07, 6.45) is 4.09. The molecule has 1 aliphatic carbocycles. The summed E-state index contributed by atoms with van der Waals surface area (Å²) in [6, 6.07) is 9.81. The minimum absolute atomic E-state index is 0.0155. The Labute approximate surface area is 188 Å². The van der Waals surface area contributed by atoms with E-state index in [1.165, 1.54) is 10.9 Å². The van der Waals surface area contributed by atoms with Gasteiger partial charge < -0.3 is 16.0 Å². The summed E-state index contributed by atoms with van der Waals surface area (Å²) >= 11 is 5.92. The highest BCUT2D eigenvalue weighted by Gasteiger charge is 2.51. The Morgan fingerprint density at radius 3 is 2.78 bits per heavy atom. The van der Waals surface area contributed by atoms with Crippen molar-refractivity contribution < 1.29 is 14.4 Å². The van der Waals surface area contributed by atoms with Gasteiger partial charge in [0.2, 0.25) is 11.8 Å². The van der Waals surface area contributed by atoms with Crippen LogP contribution in [0, 0.1) is 5.92 Å². The first kappa shape index (κ1) is 20.4. The molecule has 3 amide bonds. The number of benzene rings is 1. The maximum Gasteiger partial charge on any atom is 0.269 e. The molecule has 1 aromatic carbocycles. The number of likely N-dealkylation sites (tertiary alicyclic amines) is 1. The lowest BCUT2D eigenvalue weighted by Crippen LogP contribution is -2.51. The van der Waals surface area contributed by atoms with Crippen LogP contribution in [0.5, 0.6) is 0 Å². The van der Waals surface area contributed by atoms with Crippen LogP contribution in [0.2, 0.25) is 5.15 Å². The fraction of sp³-hybridized carbons (Fsp3) is 0.318. The molecule has 32 heavy (non-hydrogen) atoms. The second-order valence-corrected chi connectivity index (χ2v) is 8.60. The lowest BCUT2D eigenvalue weighted by atomic mass is 9.97. The molecule has 2 aromatic heterocycles. The average molecular weight is 453 g/mol. The molecule has 10 heteroatoms. The Balaban J connectivity index is 1.41. The maximum atomic E-state index is 13.4. The highest BCUT2D eigenvalue weighted by Crippen LogP contribution is 2.43. The zero-order valence-corrected chi connectivity index (χ0v) is 17.8. The van der Waals surface area contributed by atoms with E-state index in [2.05, 4.69) is 15.4 Å². The first-order valence-electron chi connectivity index (χ1n) is 10.4. The number of fused-ring (bicyclic) bond motifs is 3. The molecule has 2 aliphatic rings. The van der Waals surface area contributed by atoms with Crippen molar-refractivity contribution in [2.75, 3.05) is 5.32 Å². The number of piperidine rings is 1. The lowest BCUT2D eigenvalue weighted by molar-refractivity contribution is -0.141. The third kappa shape index (κ3) is 3.48. The second kappa shape index (κ2) is 7.90. The molecule has 5 rings (SSSR count). The van der Waals surface area contributed by atoms with Crippen LogP contribution in [0.25, 0.3) is 10.9 Å². The number of nitrogens with two attached hydrogens (primary N) is 1. The van der Waals surface area contributed by atoms with Gasteiger partial charge in [-0.25, -0.2) is 4.98 Å². The number of nitrogens with zero attached hydrogens (tertiary/aromatic N) is 4. The smallest absolute Gasteiger partial charge is 0.269 e. The molecule has 3 heterocycles. The Morgan fingerprint density at radius 1 is 1.19 bits per heavy atom. The third-order valence-electron chi connectivity index (χ3n) is 6.31. The van der Waals surface area contributed by atoms with Crippen LogP contribution < -0.4 is 11.1 Å². The van der Waals surface area contributed by atoms with Crippen molar-refractivity contribution in [1.29, 1.82) is 0 Å². The Kier molecular flexibility index (Phi) is 5.05. The number of carbonyl (C=O) groups excluding carboxylic acids is 3. The summed E-state index contributed by atoms with van der Waals surface area (Å²) in [7, 11) is 0. The van der Waals surface area contributed by atoms with Gasteiger partial charge in [-0.1, -0.05) is 29.8 Å². The number of para-hydroxylation sites is 1. The fourth-order valence-electron chi connectivity index (χ4n) is 5.02. The van der Waals surface area contributed by atoms with E-state index >= 15 is 0 Å². The average Bonchev–Trinajstić information content (AvgIpc) is 3.47. The number of aromatic nitrogens is 3. The van der Waals surface area contributed by atoms with Gasteiger partial charge in [-0.05, 0) is 43.4 Å². The Hall–Kier alpha value is -3.46. The molecule has 1 saturated carbocycles. The summed E-state index contributed by atoms with van der Waals surface area (Å²) in [5, 5.41) is 8.02. The van der Waals surface area contributed by atoms with E-state index in [1.54, 1.807) is 35.2 Å². The molecule has 1 aliphatic heterocycles. The van der Waals surface area contributed by atoms with Gasteiger partial charge in [-0.3, -0.25) is 19.1 Å². The number of rotatable bonds is 5. The summed E-state index contributed by atoms with van der Waals surface area (Å²) < 4.78 is 1.49. The predicted octanol–water partition coefficient (Wildman–Crippen LogP) is 2.20. The van der Waals surface area contributed by atoms with E-state index in [0.29, 0.717) is 16.6 Å². The first-order valence-corrected chi connectivity index (χ1v) is 10.8. The number of anilines is 1. The highest BCUT2D eigenvalue weighted by molar-refractivity contribution is 6.29. The van der Waals surface area contributed by atoms with Crippen LogP contribution in [-0.4, -0.2) is 49.5 Å². The van der Waals surface area contributed by atoms with Crippen molar-refractivity contribution in [2.24, 2.45) is 11.7 Å². The topological polar surface area (TPSA) is 123 Å². The molecule has 9 nitrogen and oxygen atoms in total. The molecule has 3 N–H and O–H groups in total. The molecular weight excluding hydrogens is 432 g/mol. The molecule has 0 unspecified atom stereocenters. The largest absolute Gasteiger partial charge is 0.364 e. The molecular formula is C22H21ClN6O3. The number of primary amides is 1. The van der Waals surface area contributed by atoms with Crippen LogP contribution >= 0.6 is 11.6 Å². The minimum Gasteiger partial charge on any atom is -0.364 e. The van der Waals surface area contributed by atoms with Crippen molar-refractivity contribution in [2.45, 2.75) is 37.9 Å². The van der Waals surface area contributed by atoms with Crippen molar-refractivity contribution in [3.05, 3.63) is 53.4 Å². The van der Waals surface area contributed by atoms with E-state index in [4.69, 9.17) is 17.3 Å². The number of hydrogen-bond donors (Lipinski definition) is 2. The molecule has 164 valence electrons. The van der Waals surface area contributed by atoms with Gasteiger partial charge in [0.1, 0.15) is 17.7 Å². The standard InChI is InChI=1S/C22H21ClN6O3/c23-17-10-13(7-8-25-17)26-22(32)20-12-5-6-14(9-12)29(20)18(30)11-28-16-4-2-1-3-15(16)19(27-28)21(24)31/h1-4,7-8,10,12,14,20H,5-6,9,11H2,(H2,24,31)(H,25,26,32)/t12-,14+,20-/m0/s1. The summed E-state index contributed by atoms with van der Waals surface area (Å²) in [6.45, 7) is -0.0815. The van der Waals surface area contributed by atoms with E-state index in [-0.39, 0.29) is 41.2 Å². The minimum atomic E-state index is -0.652. The van der Waals surface area contributed by atoms with Crippen molar-refractivity contribution in [1.82, 2.24) is 19.7 Å². The van der Waals surface area contributed by atoms with Crippen LogP contribution in [0.15, 0.2) is 42.6 Å². The molecule has 3 atom stereocenters. The third-order valence-corrected chi connectivity index (χ3v) is 6.52. The van der Waals surface area contributed by atoms with Crippen molar-refractivity contribution in [3.63, 3.8) is 0 Å². The van der Waals surface area contributed by atoms with Gasteiger partial charge in [-0.15, -0.1) is 0 Å². The number of amides is 3. The predicted molar refractivity (Wildman–Crippen MR) is 118 cm³/mol. The normalized spacial score (nSPS) is 21.8. The molecule has 1 saturated heterocycles. The SMILES string of the molecule is NC(=O)c1nn(CC(=O)N2[C@@H]3CC[C@@H](C3)[C@H]2C(=O)Nc2ccnc(Cl)c2)c2ccccc12. The Bertz CT molecular complexity index is 1240. The number of hydrogen-bond acceptors (Lipinski definition) is 5. The quantitative estimate of drug-likeness (QED) is 0.574. The van der Waals surface area contributed by atoms with E-state index < -0.39 is 11.9 Å². The number of nitrogens with one attached hydrogen (secondary N) is 1. The number of pyridine rings is 1. The summed E-state index contributed by atoms with van der Waals surface area (Å²) in [5.41, 5.74) is 6.77. The fourth-order valence-corrected chi connectivity index (χ4v) is 5.19. The number of halogens is 1. The van der Waals surface area contributed by atoms with Crippen molar-refractivity contribution in [3.8, 4) is 0 Å². The lowest BCUT2D eigenvalue weighted by Gasteiger charge is -2.34. The van der Waals surface area contributed by atoms with Gasteiger partial charge in [0, 0.05) is 23.3 Å². The summed E-state index contributed by atoms with van der Waals surface area (Å²) in [4.78, 5) is 43.9. The van der Waals surface area contributed by atoms with Gasteiger partial charge in [0.15, 0.2) is 5.69 Å². The highest BCUT2D eigenvalue weighted by atomic mass is 35.5. The molecule has 3 aromatic rings. The molecule has 2 bridgehead atoms. The van der Waals surface area contributed by atoms with Crippen LogP contribution in [0.1, 0.15) is 29.8 Å². The molecule has 0 spiro atoms. The van der Waals surface area contributed by atoms with Crippen LogP contribution in [0.3, 0.4) is 0 Å². The maximum absolute atomic E-state index is 13.4. The van der Waals surface area contributed by atoms with E-state index in [1.807, 2.05) is 6.07 Å². The monoisotopic (exact) mass is 452 g/mol. The summed E-state index contributed by atoms with van der Waals surface area (Å²) in [5.74, 6) is -0.997. The van der Waals surface area contributed by atoms with E-state index in [0.717, 1.165) is 19.3 Å². The first-order chi connectivity index (χ1) is 15.4. The zero-order valence-electron chi connectivity index (χ0n) is 17.1. The van der Waals surface area contributed by atoms with Crippen LogP contribution in [-0.2, 0) is 16.1 Å².